The zero-order valence-corrected chi connectivity index (χ0v) is 11.9. The molecule has 0 radical (unpaired) electrons. The van der Waals surface area contributed by atoms with E-state index in [1.54, 1.807) is 24.1 Å². The summed E-state index contributed by atoms with van der Waals surface area (Å²) in [6.07, 6.45) is 3.31. The monoisotopic (exact) mass is 298 g/mol. The third-order valence-electron chi connectivity index (χ3n) is 2.82. The SMILES string of the molecule is CN(Cc1cnn(C)c1)S(=O)(=O)c1ccc(F)cc1N. The Morgan fingerprint density at radius 1 is 1.45 bits per heavy atom. The molecule has 0 unspecified atom stereocenters. The van der Waals surface area contributed by atoms with E-state index in [4.69, 9.17) is 5.73 Å². The van der Waals surface area contributed by atoms with Crippen LogP contribution in [0.3, 0.4) is 0 Å². The molecule has 0 saturated heterocycles. The number of hydrogen-bond acceptors (Lipinski definition) is 4. The van der Waals surface area contributed by atoms with E-state index in [1.807, 2.05) is 0 Å². The zero-order chi connectivity index (χ0) is 14.9. The van der Waals surface area contributed by atoms with Gasteiger partial charge in [0.2, 0.25) is 10.0 Å². The first-order valence-electron chi connectivity index (χ1n) is 5.79. The normalized spacial score (nSPS) is 12.0. The van der Waals surface area contributed by atoms with Gasteiger partial charge >= 0.3 is 0 Å². The van der Waals surface area contributed by atoms with Crippen LogP contribution in [-0.2, 0) is 23.6 Å². The number of nitrogens with two attached hydrogens (primary N) is 1. The standard InChI is InChI=1S/C12H15FN4O2S/c1-16-7-9(6-15-16)8-17(2)20(18,19)12-4-3-10(13)5-11(12)14/h3-7H,8,14H2,1-2H3. The second kappa shape index (κ2) is 5.22. The fourth-order valence-corrected chi connectivity index (χ4v) is 3.07. The molecule has 0 saturated carbocycles. The summed E-state index contributed by atoms with van der Waals surface area (Å²) in [6, 6.07) is 3.23. The van der Waals surface area contributed by atoms with Gasteiger partial charge in [-0.1, -0.05) is 0 Å². The van der Waals surface area contributed by atoms with Gasteiger partial charge in [-0.3, -0.25) is 4.68 Å². The lowest BCUT2D eigenvalue weighted by Gasteiger charge is -2.17. The number of anilines is 1. The number of halogens is 1. The van der Waals surface area contributed by atoms with Crippen molar-refractivity contribution in [3.63, 3.8) is 0 Å². The van der Waals surface area contributed by atoms with Crippen LogP contribution < -0.4 is 5.73 Å². The summed E-state index contributed by atoms with van der Waals surface area (Å²) in [4.78, 5) is -0.106. The van der Waals surface area contributed by atoms with Crippen LogP contribution in [0.5, 0.6) is 0 Å². The van der Waals surface area contributed by atoms with Crippen LogP contribution in [0.1, 0.15) is 5.56 Å². The minimum atomic E-state index is -3.77. The highest BCUT2D eigenvalue weighted by Gasteiger charge is 2.23. The Labute approximate surface area is 116 Å². The van der Waals surface area contributed by atoms with E-state index in [2.05, 4.69) is 5.10 Å². The van der Waals surface area contributed by atoms with Crippen molar-refractivity contribution < 1.29 is 12.8 Å². The van der Waals surface area contributed by atoms with Crippen molar-refractivity contribution in [2.75, 3.05) is 12.8 Å². The second-order valence-corrected chi connectivity index (χ2v) is 6.48. The average Bonchev–Trinajstić information content (AvgIpc) is 2.74. The molecule has 0 fully saturated rings. The first kappa shape index (κ1) is 14.5. The number of aromatic nitrogens is 2. The van der Waals surface area contributed by atoms with Gasteiger partial charge in [-0.15, -0.1) is 0 Å². The summed E-state index contributed by atoms with van der Waals surface area (Å²) >= 11 is 0. The Kier molecular flexibility index (Phi) is 3.78. The van der Waals surface area contributed by atoms with Crippen molar-refractivity contribution in [1.82, 2.24) is 14.1 Å². The Morgan fingerprint density at radius 2 is 2.15 bits per heavy atom. The van der Waals surface area contributed by atoms with Gasteiger partial charge in [0.25, 0.3) is 0 Å². The number of rotatable bonds is 4. The van der Waals surface area contributed by atoms with Gasteiger partial charge in [0.1, 0.15) is 10.7 Å². The van der Waals surface area contributed by atoms with Crippen molar-refractivity contribution in [2.45, 2.75) is 11.4 Å². The maximum absolute atomic E-state index is 13.0. The molecule has 108 valence electrons. The molecular formula is C12H15FN4O2S. The van der Waals surface area contributed by atoms with E-state index in [0.717, 1.165) is 22.0 Å². The molecule has 0 spiro atoms. The lowest BCUT2D eigenvalue weighted by Crippen LogP contribution is -2.27. The highest BCUT2D eigenvalue weighted by Crippen LogP contribution is 2.23. The van der Waals surface area contributed by atoms with Crippen molar-refractivity contribution in [2.24, 2.45) is 7.05 Å². The minimum absolute atomic E-state index is 0.106. The van der Waals surface area contributed by atoms with Gasteiger partial charge < -0.3 is 5.73 Å². The molecule has 1 aromatic carbocycles. The van der Waals surface area contributed by atoms with Crippen molar-refractivity contribution in [3.05, 3.63) is 42.0 Å². The molecule has 0 aliphatic carbocycles. The maximum atomic E-state index is 13.0. The van der Waals surface area contributed by atoms with E-state index < -0.39 is 15.8 Å². The van der Waals surface area contributed by atoms with Crippen molar-refractivity contribution >= 4 is 15.7 Å². The van der Waals surface area contributed by atoms with Gasteiger partial charge in [0.05, 0.1) is 11.9 Å². The molecule has 8 heteroatoms. The number of benzene rings is 1. The van der Waals surface area contributed by atoms with Gasteiger partial charge in [-0.05, 0) is 18.2 Å². The number of nitrogens with zero attached hydrogens (tertiary/aromatic N) is 3. The lowest BCUT2D eigenvalue weighted by molar-refractivity contribution is 0.467. The lowest BCUT2D eigenvalue weighted by atomic mass is 10.3. The number of aryl methyl sites for hydroxylation is 1. The molecule has 0 aliphatic rings. The molecule has 0 amide bonds. The van der Waals surface area contributed by atoms with Crippen LogP contribution in [0.2, 0.25) is 0 Å². The Morgan fingerprint density at radius 3 is 2.70 bits per heavy atom. The molecule has 6 nitrogen and oxygen atoms in total. The smallest absolute Gasteiger partial charge is 0.245 e. The molecule has 0 aliphatic heterocycles. The van der Waals surface area contributed by atoms with E-state index in [-0.39, 0.29) is 17.1 Å². The van der Waals surface area contributed by atoms with Crippen LogP contribution in [0, 0.1) is 5.82 Å². The Bertz CT molecular complexity index is 727. The molecular weight excluding hydrogens is 283 g/mol. The fraction of sp³-hybridized carbons (Fsp3) is 0.250. The number of nitrogen functional groups attached to an aromatic ring is 1. The maximum Gasteiger partial charge on any atom is 0.245 e. The van der Waals surface area contributed by atoms with E-state index in [1.165, 1.54) is 13.1 Å². The molecule has 20 heavy (non-hydrogen) atoms. The van der Waals surface area contributed by atoms with Crippen molar-refractivity contribution in [1.29, 1.82) is 0 Å². The minimum Gasteiger partial charge on any atom is -0.398 e. The van der Waals surface area contributed by atoms with Gasteiger partial charge in [-0.25, -0.2) is 12.8 Å². The molecule has 2 aromatic rings. The number of sulfonamides is 1. The van der Waals surface area contributed by atoms with E-state index >= 15 is 0 Å². The first-order valence-corrected chi connectivity index (χ1v) is 7.23. The van der Waals surface area contributed by atoms with Crippen LogP contribution in [0.15, 0.2) is 35.5 Å². The summed E-state index contributed by atoms with van der Waals surface area (Å²) in [5.41, 5.74) is 6.22. The highest BCUT2D eigenvalue weighted by molar-refractivity contribution is 7.89. The summed E-state index contributed by atoms with van der Waals surface area (Å²) < 4.78 is 40.5. The predicted octanol–water partition coefficient (Wildman–Crippen LogP) is 0.962. The molecule has 0 bridgehead atoms. The summed E-state index contributed by atoms with van der Waals surface area (Å²) in [7, 11) is -0.589. The van der Waals surface area contributed by atoms with Crippen LogP contribution in [0.4, 0.5) is 10.1 Å². The van der Waals surface area contributed by atoms with Crippen LogP contribution in [-0.4, -0.2) is 29.6 Å². The highest BCUT2D eigenvalue weighted by atomic mass is 32.2. The molecule has 1 heterocycles. The van der Waals surface area contributed by atoms with Gasteiger partial charge in [0.15, 0.2) is 0 Å². The third kappa shape index (κ3) is 2.81. The van der Waals surface area contributed by atoms with E-state index in [9.17, 15) is 12.8 Å². The third-order valence-corrected chi connectivity index (χ3v) is 4.70. The average molecular weight is 298 g/mol. The summed E-state index contributed by atoms with van der Waals surface area (Å²) in [5.74, 6) is -0.573. The Hall–Kier alpha value is -1.93. The quantitative estimate of drug-likeness (QED) is 0.853. The number of hydrogen-bond donors (Lipinski definition) is 1. The van der Waals surface area contributed by atoms with Crippen molar-refractivity contribution in [3.8, 4) is 0 Å². The summed E-state index contributed by atoms with van der Waals surface area (Å²) in [6.45, 7) is 0.160. The molecule has 1 aromatic heterocycles. The fourth-order valence-electron chi connectivity index (χ4n) is 1.82. The predicted molar refractivity (Wildman–Crippen MR) is 72.7 cm³/mol. The first-order chi connectivity index (χ1) is 9.30. The largest absolute Gasteiger partial charge is 0.398 e. The molecule has 2 rings (SSSR count). The topological polar surface area (TPSA) is 81.2 Å². The van der Waals surface area contributed by atoms with Crippen LogP contribution >= 0.6 is 0 Å². The van der Waals surface area contributed by atoms with Gasteiger partial charge in [0, 0.05) is 32.4 Å². The van der Waals surface area contributed by atoms with E-state index in [0.29, 0.717) is 0 Å². The summed E-state index contributed by atoms with van der Waals surface area (Å²) in [5, 5.41) is 3.97. The Balaban J connectivity index is 2.29. The van der Waals surface area contributed by atoms with Gasteiger partial charge in [-0.2, -0.15) is 9.40 Å². The second-order valence-electron chi connectivity index (χ2n) is 4.47. The zero-order valence-electron chi connectivity index (χ0n) is 11.1. The van der Waals surface area contributed by atoms with Crippen LogP contribution in [0.25, 0.3) is 0 Å². The molecule has 2 N–H and O–H groups in total. The molecule has 0 atom stereocenters.